The van der Waals surface area contributed by atoms with Gasteiger partial charge in [0.2, 0.25) is 0 Å². The lowest BCUT2D eigenvalue weighted by Gasteiger charge is -2.23. The molecule has 4 nitrogen and oxygen atoms in total. The standard InChI is InChI=1S/C11H13NO3/c1-2-15-11(14)9-5-6-10(13)8-4-3-7-12(8)9/h3-4,7,9H,2,5-6H2,1H3/t9-/m0/s1. The zero-order chi connectivity index (χ0) is 10.8. The molecule has 0 radical (unpaired) electrons. The first kappa shape index (κ1) is 9.96. The van der Waals surface area contributed by atoms with Gasteiger partial charge in [0.1, 0.15) is 6.04 Å². The largest absolute Gasteiger partial charge is 0.464 e. The van der Waals surface area contributed by atoms with Crippen LogP contribution in [-0.2, 0) is 9.53 Å². The maximum absolute atomic E-state index is 11.6. The smallest absolute Gasteiger partial charge is 0.329 e. The summed E-state index contributed by atoms with van der Waals surface area (Å²) in [6.45, 7) is 2.16. The predicted octanol–water partition coefficient (Wildman–Crippen LogP) is 1.57. The Hall–Kier alpha value is -1.58. The van der Waals surface area contributed by atoms with Gasteiger partial charge >= 0.3 is 5.97 Å². The molecule has 1 atom stereocenters. The molecule has 15 heavy (non-hydrogen) atoms. The highest BCUT2D eigenvalue weighted by atomic mass is 16.5. The van der Waals surface area contributed by atoms with Crippen molar-refractivity contribution in [2.45, 2.75) is 25.8 Å². The highest BCUT2D eigenvalue weighted by molar-refractivity contribution is 5.96. The Morgan fingerprint density at radius 2 is 2.47 bits per heavy atom. The van der Waals surface area contributed by atoms with E-state index in [4.69, 9.17) is 4.74 Å². The van der Waals surface area contributed by atoms with Crippen LogP contribution in [0.15, 0.2) is 18.3 Å². The number of aromatic nitrogens is 1. The van der Waals surface area contributed by atoms with E-state index in [0.717, 1.165) is 0 Å². The number of carbonyl (C=O) groups is 2. The van der Waals surface area contributed by atoms with Gasteiger partial charge in [-0.05, 0) is 25.5 Å². The van der Waals surface area contributed by atoms with Crippen molar-refractivity contribution in [3.8, 4) is 0 Å². The van der Waals surface area contributed by atoms with Crippen LogP contribution in [0.5, 0.6) is 0 Å². The van der Waals surface area contributed by atoms with Gasteiger partial charge in [0, 0.05) is 12.6 Å². The van der Waals surface area contributed by atoms with Gasteiger partial charge in [0.15, 0.2) is 5.78 Å². The first-order valence-corrected chi connectivity index (χ1v) is 5.10. The molecule has 0 fully saturated rings. The number of rotatable bonds is 2. The lowest BCUT2D eigenvalue weighted by molar-refractivity contribution is -0.147. The van der Waals surface area contributed by atoms with E-state index in [2.05, 4.69) is 0 Å². The summed E-state index contributed by atoms with van der Waals surface area (Å²) in [5, 5.41) is 0. The third-order valence-electron chi connectivity index (χ3n) is 2.60. The summed E-state index contributed by atoms with van der Waals surface area (Å²) in [7, 11) is 0. The fourth-order valence-corrected chi connectivity index (χ4v) is 1.91. The number of carbonyl (C=O) groups excluding carboxylic acids is 2. The van der Waals surface area contributed by atoms with E-state index in [0.29, 0.717) is 25.1 Å². The maximum Gasteiger partial charge on any atom is 0.329 e. The summed E-state index contributed by atoms with van der Waals surface area (Å²) >= 11 is 0. The van der Waals surface area contributed by atoms with Crippen LogP contribution in [0.4, 0.5) is 0 Å². The van der Waals surface area contributed by atoms with Gasteiger partial charge < -0.3 is 9.30 Å². The molecule has 1 aromatic heterocycles. The SMILES string of the molecule is CCOC(=O)[C@@H]1CCC(=O)c2cccn21. The van der Waals surface area contributed by atoms with Crippen LogP contribution in [0.2, 0.25) is 0 Å². The third-order valence-corrected chi connectivity index (χ3v) is 2.60. The molecule has 80 valence electrons. The number of ketones is 1. The second kappa shape index (κ2) is 3.88. The Balaban J connectivity index is 2.28. The van der Waals surface area contributed by atoms with E-state index < -0.39 is 0 Å². The molecule has 2 rings (SSSR count). The summed E-state index contributed by atoms with van der Waals surface area (Å²) in [5.74, 6) is -0.150. The molecular weight excluding hydrogens is 194 g/mol. The predicted molar refractivity (Wildman–Crippen MR) is 53.7 cm³/mol. The zero-order valence-corrected chi connectivity index (χ0v) is 8.60. The van der Waals surface area contributed by atoms with E-state index >= 15 is 0 Å². The molecule has 1 aliphatic rings. The Morgan fingerprint density at radius 1 is 1.67 bits per heavy atom. The summed E-state index contributed by atoms with van der Waals surface area (Å²) in [5.41, 5.74) is 0.610. The summed E-state index contributed by atoms with van der Waals surface area (Å²) < 4.78 is 6.68. The van der Waals surface area contributed by atoms with Crippen LogP contribution in [0.25, 0.3) is 0 Å². The molecule has 0 amide bonds. The van der Waals surface area contributed by atoms with Gasteiger partial charge in [0.25, 0.3) is 0 Å². The van der Waals surface area contributed by atoms with Crippen LogP contribution >= 0.6 is 0 Å². The number of Topliss-reactive ketones (excluding diaryl/α,β-unsaturated/α-hetero) is 1. The normalized spacial score (nSPS) is 19.8. The first-order valence-electron chi connectivity index (χ1n) is 5.10. The van der Waals surface area contributed by atoms with Gasteiger partial charge in [-0.1, -0.05) is 0 Å². The molecule has 0 saturated heterocycles. The lowest BCUT2D eigenvalue weighted by Crippen LogP contribution is -2.28. The fraction of sp³-hybridized carbons (Fsp3) is 0.455. The molecule has 4 heteroatoms. The van der Waals surface area contributed by atoms with Crippen molar-refractivity contribution in [1.82, 2.24) is 4.57 Å². The summed E-state index contributed by atoms with van der Waals surface area (Å²) in [6, 6.07) is 3.20. The van der Waals surface area contributed by atoms with Crippen LogP contribution in [0, 0.1) is 0 Å². The third kappa shape index (κ3) is 1.67. The highest BCUT2D eigenvalue weighted by Crippen LogP contribution is 2.26. The highest BCUT2D eigenvalue weighted by Gasteiger charge is 2.30. The zero-order valence-electron chi connectivity index (χ0n) is 8.60. The first-order chi connectivity index (χ1) is 7.24. The minimum Gasteiger partial charge on any atom is -0.464 e. The Bertz CT molecular complexity index is 394. The van der Waals surface area contributed by atoms with E-state index in [1.54, 1.807) is 29.8 Å². The van der Waals surface area contributed by atoms with Crippen molar-refractivity contribution in [2.24, 2.45) is 0 Å². The van der Waals surface area contributed by atoms with E-state index in [9.17, 15) is 9.59 Å². The molecular formula is C11H13NO3. The van der Waals surface area contributed by atoms with Crippen LogP contribution in [0.3, 0.4) is 0 Å². The van der Waals surface area contributed by atoms with E-state index in [-0.39, 0.29) is 17.8 Å². The Labute approximate surface area is 87.8 Å². The second-order valence-electron chi connectivity index (χ2n) is 3.53. The minimum atomic E-state index is -0.326. The van der Waals surface area contributed by atoms with Crippen LogP contribution in [-0.4, -0.2) is 22.9 Å². The van der Waals surface area contributed by atoms with Crippen LogP contribution < -0.4 is 0 Å². The number of nitrogens with zero attached hydrogens (tertiary/aromatic N) is 1. The van der Waals surface area contributed by atoms with Crippen LogP contribution in [0.1, 0.15) is 36.3 Å². The summed E-state index contributed by atoms with van der Waals surface area (Å²) in [4.78, 5) is 23.1. The minimum absolute atomic E-state index is 0.0977. The van der Waals surface area contributed by atoms with Gasteiger partial charge in [-0.3, -0.25) is 4.79 Å². The van der Waals surface area contributed by atoms with E-state index in [1.165, 1.54) is 0 Å². The average Bonchev–Trinajstić information content (AvgIpc) is 2.68. The lowest BCUT2D eigenvalue weighted by atomic mass is 10.0. The van der Waals surface area contributed by atoms with Gasteiger partial charge in [-0.15, -0.1) is 0 Å². The van der Waals surface area contributed by atoms with Gasteiger partial charge in [0.05, 0.1) is 12.3 Å². The van der Waals surface area contributed by atoms with Crippen molar-refractivity contribution in [3.63, 3.8) is 0 Å². The maximum atomic E-state index is 11.6. The van der Waals surface area contributed by atoms with Gasteiger partial charge in [-0.2, -0.15) is 0 Å². The van der Waals surface area contributed by atoms with E-state index in [1.807, 2.05) is 0 Å². The van der Waals surface area contributed by atoms with Crippen molar-refractivity contribution in [2.75, 3.05) is 6.61 Å². The summed E-state index contributed by atoms with van der Waals surface area (Å²) in [6.07, 6.45) is 2.72. The molecule has 1 aromatic rings. The molecule has 0 spiro atoms. The number of ether oxygens (including phenoxy) is 1. The molecule has 0 aromatic carbocycles. The molecule has 0 aliphatic carbocycles. The second-order valence-corrected chi connectivity index (χ2v) is 3.53. The Kier molecular flexibility index (Phi) is 2.58. The average molecular weight is 207 g/mol. The number of hydrogen-bond acceptors (Lipinski definition) is 3. The molecule has 0 bridgehead atoms. The fourth-order valence-electron chi connectivity index (χ4n) is 1.91. The Morgan fingerprint density at radius 3 is 3.20 bits per heavy atom. The molecule has 2 heterocycles. The monoisotopic (exact) mass is 207 g/mol. The molecule has 1 aliphatic heterocycles. The molecule has 0 unspecified atom stereocenters. The van der Waals surface area contributed by atoms with Crippen molar-refractivity contribution >= 4 is 11.8 Å². The number of fused-ring (bicyclic) bond motifs is 1. The molecule has 0 N–H and O–H groups in total. The number of esters is 1. The number of hydrogen-bond donors (Lipinski definition) is 0. The van der Waals surface area contributed by atoms with Crippen molar-refractivity contribution in [3.05, 3.63) is 24.0 Å². The topological polar surface area (TPSA) is 48.3 Å². The van der Waals surface area contributed by atoms with Crippen molar-refractivity contribution < 1.29 is 14.3 Å². The quantitative estimate of drug-likeness (QED) is 0.691. The van der Waals surface area contributed by atoms with Crippen molar-refractivity contribution in [1.29, 1.82) is 0 Å². The molecule has 0 saturated carbocycles. The van der Waals surface area contributed by atoms with Gasteiger partial charge in [-0.25, -0.2) is 4.79 Å².